The van der Waals surface area contributed by atoms with E-state index in [0.29, 0.717) is 16.1 Å². The fourth-order valence-electron chi connectivity index (χ4n) is 2.84. The third-order valence-corrected chi connectivity index (χ3v) is 6.62. The molecule has 28 heavy (non-hydrogen) atoms. The Bertz CT molecular complexity index is 960. The molecule has 0 aliphatic heterocycles. The van der Waals surface area contributed by atoms with Crippen molar-refractivity contribution in [3.8, 4) is 10.4 Å². The molecule has 7 heteroatoms. The van der Waals surface area contributed by atoms with E-state index in [4.69, 9.17) is 4.74 Å². The van der Waals surface area contributed by atoms with Crippen LogP contribution in [0.3, 0.4) is 0 Å². The predicted molar refractivity (Wildman–Crippen MR) is 120 cm³/mol. The molecular formula is C21H21NO3S3. The molecule has 0 spiro atoms. The minimum absolute atomic E-state index is 0.236. The highest BCUT2D eigenvalue weighted by molar-refractivity contribution is 7.97. The Hall–Kier alpha value is -2.09. The highest BCUT2D eigenvalue weighted by Gasteiger charge is 2.26. The summed E-state index contributed by atoms with van der Waals surface area (Å²) in [5.74, 6) is 0.254. The molecular weight excluding hydrogens is 410 g/mol. The summed E-state index contributed by atoms with van der Waals surface area (Å²) in [6, 6.07) is 11.4. The van der Waals surface area contributed by atoms with Crippen LogP contribution in [0, 0.1) is 6.92 Å². The van der Waals surface area contributed by atoms with Crippen LogP contribution in [0.4, 0.5) is 5.00 Å². The standard InChI is InChI=1S/C21H21NO3S3/c1-4-25-21(24)18-17(16-6-5-11-27-16)13(2)28-20(18)22-19(23)15-9-7-14(8-10-15)12-26-3/h5-11H,4,12H2,1-3H3,(H,22,23). The van der Waals surface area contributed by atoms with Gasteiger partial charge in [-0.25, -0.2) is 4.79 Å². The lowest BCUT2D eigenvalue weighted by Gasteiger charge is -2.08. The highest BCUT2D eigenvalue weighted by atomic mass is 32.2. The Morgan fingerprint density at radius 1 is 1.18 bits per heavy atom. The summed E-state index contributed by atoms with van der Waals surface area (Å²) in [4.78, 5) is 27.4. The fraction of sp³-hybridized carbons (Fsp3) is 0.238. The zero-order chi connectivity index (χ0) is 20.1. The molecule has 0 saturated heterocycles. The van der Waals surface area contributed by atoms with Gasteiger partial charge in [0, 0.05) is 26.6 Å². The van der Waals surface area contributed by atoms with E-state index in [1.807, 2.05) is 55.0 Å². The molecule has 0 fully saturated rings. The summed E-state index contributed by atoms with van der Waals surface area (Å²) < 4.78 is 5.27. The molecule has 1 amide bonds. The van der Waals surface area contributed by atoms with Crippen molar-refractivity contribution >= 4 is 51.3 Å². The maximum absolute atomic E-state index is 12.8. The molecule has 1 aromatic carbocycles. The Labute approximate surface area is 176 Å². The molecule has 0 aliphatic carbocycles. The second-order valence-corrected chi connectivity index (χ2v) is 9.06. The maximum Gasteiger partial charge on any atom is 0.341 e. The molecule has 0 unspecified atom stereocenters. The number of aryl methyl sites for hydroxylation is 1. The number of amides is 1. The SMILES string of the molecule is CCOC(=O)c1c(NC(=O)c2ccc(CSC)cc2)sc(C)c1-c1cccs1. The number of ether oxygens (including phenoxy) is 1. The first-order valence-electron chi connectivity index (χ1n) is 8.78. The number of esters is 1. The number of hydrogen-bond acceptors (Lipinski definition) is 6. The highest BCUT2D eigenvalue weighted by Crippen LogP contribution is 2.42. The van der Waals surface area contributed by atoms with E-state index in [-0.39, 0.29) is 12.5 Å². The number of thioether (sulfide) groups is 1. The van der Waals surface area contributed by atoms with Crippen LogP contribution in [0.1, 0.15) is 38.1 Å². The van der Waals surface area contributed by atoms with E-state index in [1.165, 1.54) is 16.9 Å². The van der Waals surface area contributed by atoms with Crippen molar-refractivity contribution in [1.82, 2.24) is 0 Å². The van der Waals surface area contributed by atoms with Gasteiger partial charge in [0.05, 0.1) is 6.61 Å². The predicted octanol–water partition coefficient (Wildman–Crippen LogP) is 6.08. The van der Waals surface area contributed by atoms with Gasteiger partial charge >= 0.3 is 5.97 Å². The molecule has 0 saturated carbocycles. The Morgan fingerprint density at radius 2 is 1.93 bits per heavy atom. The second kappa shape index (κ2) is 9.41. The van der Waals surface area contributed by atoms with E-state index in [2.05, 4.69) is 5.32 Å². The topological polar surface area (TPSA) is 55.4 Å². The van der Waals surface area contributed by atoms with Gasteiger partial charge in [-0.2, -0.15) is 11.8 Å². The molecule has 2 aromatic heterocycles. The molecule has 3 aromatic rings. The lowest BCUT2D eigenvalue weighted by molar-refractivity contribution is 0.0529. The van der Waals surface area contributed by atoms with E-state index in [9.17, 15) is 9.59 Å². The Morgan fingerprint density at radius 3 is 2.54 bits per heavy atom. The van der Waals surface area contributed by atoms with Crippen LogP contribution in [0.25, 0.3) is 10.4 Å². The van der Waals surface area contributed by atoms with Crippen LogP contribution in [-0.2, 0) is 10.5 Å². The number of rotatable bonds is 7. The van der Waals surface area contributed by atoms with E-state index in [0.717, 1.165) is 21.1 Å². The minimum atomic E-state index is -0.416. The normalized spacial score (nSPS) is 10.7. The molecule has 2 heterocycles. The van der Waals surface area contributed by atoms with Crippen molar-refractivity contribution in [2.24, 2.45) is 0 Å². The van der Waals surface area contributed by atoms with Crippen LogP contribution in [-0.4, -0.2) is 24.7 Å². The molecule has 0 bridgehead atoms. The smallest absolute Gasteiger partial charge is 0.341 e. The zero-order valence-corrected chi connectivity index (χ0v) is 18.4. The van der Waals surface area contributed by atoms with Crippen molar-refractivity contribution in [2.45, 2.75) is 19.6 Å². The van der Waals surface area contributed by atoms with Gasteiger partial charge in [0.1, 0.15) is 10.6 Å². The molecule has 146 valence electrons. The first-order chi connectivity index (χ1) is 13.5. The quantitative estimate of drug-likeness (QED) is 0.461. The van der Waals surface area contributed by atoms with E-state index < -0.39 is 5.97 Å². The van der Waals surface area contributed by atoms with Gasteiger partial charge in [-0.3, -0.25) is 4.79 Å². The molecule has 0 aliphatic rings. The molecule has 0 atom stereocenters. The number of anilines is 1. The van der Waals surface area contributed by atoms with Gasteiger partial charge in [-0.15, -0.1) is 22.7 Å². The number of carbonyl (C=O) groups is 2. The average molecular weight is 432 g/mol. The number of hydrogen-bond donors (Lipinski definition) is 1. The van der Waals surface area contributed by atoms with Crippen molar-refractivity contribution in [2.75, 3.05) is 18.2 Å². The van der Waals surface area contributed by atoms with Gasteiger partial charge in [0.15, 0.2) is 0 Å². The van der Waals surface area contributed by atoms with E-state index >= 15 is 0 Å². The van der Waals surface area contributed by atoms with E-state index in [1.54, 1.807) is 30.0 Å². The average Bonchev–Trinajstić information content (AvgIpc) is 3.30. The lowest BCUT2D eigenvalue weighted by atomic mass is 10.1. The summed E-state index contributed by atoms with van der Waals surface area (Å²) in [5.41, 5.74) is 3.00. The number of nitrogens with one attached hydrogen (secondary N) is 1. The molecule has 4 nitrogen and oxygen atoms in total. The first-order valence-corrected chi connectivity index (χ1v) is 11.9. The largest absolute Gasteiger partial charge is 0.462 e. The van der Waals surface area contributed by atoms with Crippen molar-refractivity contribution in [1.29, 1.82) is 0 Å². The second-order valence-electron chi connectivity index (χ2n) is 6.02. The van der Waals surface area contributed by atoms with Crippen LogP contribution < -0.4 is 5.32 Å². The van der Waals surface area contributed by atoms with Crippen molar-refractivity contribution in [3.63, 3.8) is 0 Å². The van der Waals surface area contributed by atoms with Crippen LogP contribution in [0.2, 0.25) is 0 Å². The molecule has 3 rings (SSSR count). The maximum atomic E-state index is 12.8. The van der Waals surface area contributed by atoms with Gasteiger partial charge in [0.25, 0.3) is 5.91 Å². The Kier molecular flexibility index (Phi) is 6.93. The first kappa shape index (κ1) is 20.6. The van der Waals surface area contributed by atoms with Gasteiger partial charge in [-0.05, 0) is 49.2 Å². The summed E-state index contributed by atoms with van der Waals surface area (Å²) in [6.07, 6.45) is 2.04. The third kappa shape index (κ3) is 4.48. The monoisotopic (exact) mass is 431 g/mol. The number of carbonyl (C=O) groups excluding carboxylic acids is 2. The minimum Gasteiger partial charge on any atom is -0.462 e. The third-order valence-electron chi connectivity index (χ3n) is 4.09. The summed E-state index contributed by atoms with van der Waals surface area (Å²) >= 11 is 4.69. The zero-order valence-electron chi connectivity index (χ0n) is 15.9. The summed E-state index contributed by atoms with van der Waals surface area (Å²) in [7, 11) is 0. The summed E-state index contributed by atoms with van der Waals surface area (Å²) in [6.45, 7) is 4.01. The van der Waals surface area contributed by atoms with Crippen LogP contribution in [0.15, 0.2) is 41.8 Å². The van der Waals surface area contributed by atoms with Gasteiger partial charge in [-0.1, -0.05) is 18.2 Å². The van der Waals surface area contributed by atoms with Crippen LogP contribution in [0.5, 0.6) is 0 Å². The Balaban J connectivity index is 1.93. The summed E-state index contributed by atoms with van der Waals surface area (Å²) in [5, 5.41) is 5.41. The van der Waals surface area contributed by atoms with Gasteiger partial charge < -0.3 is 10.1 Å². The van der Waals surface area contributed by atoms with Crippen LogP contribution >= 0.6 is 34.4 Å². The van der Waals surface area contributed by atoms with Crippen molar-refractivity contribution < 1.29 is 14.3 Å². The molecule has 0 radical (unpaired) electrons. The lowest BCUT2D eigenvalue weighted by Crippen LogP contribution is -2.14. The fourth-order valence-corrected chi connectivity index (χ4v) is 5.32. The van der Waals surface area contributed by atoms with Gasteiger partial charge in [0.2, 0.25) is 0 Å². The number of benzene rings is 1. The molecule has 1 N–H and O–H groups in total. The van der Waals surface area contributed by atoms with Crippen molar-refractivity contribution in [3.05, 3.63) is 63.3 Å². The number of thiophene rings is 2.